The van der Waals surface area contributed by atoms with E-state index in [1.165, 1.54) is 11.7 Å². The quantitative estimate of drug-likeness (QED) is 0.645. The third-order valence-electron chi connectivity index (χ3n) is 1.94. The molecule has 1 aromatic heterocycles. The lowest BCUT2D eigenvalue weighted by molar-refractivity contribution is 0.122. The number of aryl methyl sites for hydroxylation is 1. The molecule has 12 heavy (non-hydrogen) atoms. The molecule has 0 atom stereocenters. The van der Waals surface area contributed by atoms with Crippen LogP contribution in [0.5, 0.6) is 0 Å². The van der Waals surface area contributed by atoms with Gasteiger partial charge in [-0.3, -0.25) is 0 Å². The number of hydrogen-bond donors (Lipinski definition) is 0. The highest BCUT2D eigenvalue weighted by atomic mass is 32.1. The van der Waals surface area contributed by atoms with Gasteiger partial charge in [0.05, 0.1) is 30.6 Å². The second-order valence-electron chi connectivity index (χ2n) is 2.77. The van der Waals surface area contributed by atoms with Crippen molar-refractivity contribution in [2.75, 3.05) is 31.2 Å². The zero-order chi connectivity index (χ0) is 8.39. The molecule has 1 aromatic rings. The third-order valence-corrected chi connectivity index (χ3v) is 2.55. The molecule has 0 amide bonds. The average Bonchev–Trinajstić information content (AvgIpc) is 2.53. The van der Waals surface area contributed by atoms with Crippen LogP contribution in [-0.2, 0) is 4.74 Å². The van der Waals surface area contributed by atoms with Gasteiger partial charge in [0.2, 0.25) is 0 Å². The predicted octanol–water partition coefficient (Wildman–Crippen LogP) is 0.683. The zero-order valence-corrected chi connectivity index (χ0v) is 7.80. The van der Waals surface area contributed by atoms with Crippen molar-refractivity contribution in [3.05, 3.63) is 5.69 Å². The molecule has 0 unspecified atom stereocenters. The van der Waals surface area contributed by atoms with Crippen LogP contribution in [0.1, 0.15) is 5.69 Å². The number of anilines is 1. The van der Waals surface area contributed by atoms with E-state index >= 15 is 0 Å². The first-order valence-corrected chi connectivity index (χ1v) is 4.73. The summed E-state index contributed by atoms with van der Waals surface area (Å²) in [6, 6.07) is 0. The number of morpholine rings is 1. The van der Waals surface area contributed by atoms with Crippen LogP contribution in [-0.4, -0.2) is 35.1 Å². The molecule has 2 heterocycles. The molecule has 1 fully saturated rings. The predicted molar refractivity (Wildman–Crippen MR) is 47.7 cm³/mol. The molecule has 1 saturated heterocycles. The van der Waals surface area contributed by atoms with Crippen molar-refractivity contribution < 1.29 is 4.74 Å². The highest BCUT2D eigenvalue weighted by molar-refractivity contribution is 6.99. The highest BCUT2D eigenvalue weighted by Gasteiger charge is 2.15. The minimum atomic E-state index is 0.803. The molecule has 4 nitrogen and oxygen atoms in total. The second kappa shape index (κ2) is 3.37. The van der Waals surface area contributed by atoms with E-state index < -0.39 is 0 Å². The SMILES string of the molecule is Cc1nsnc1N1CCOCC1. The molecule has 0 aliphatic carbocycles. The molecule has 0 N–H and O–H groups in total. The fraction of sp³-hybridized carbons (Fsp3) is 0.714. The van der Waals surface area contributed by atoms with Gasteiger partial charge < -0.3 is 9.64 Å². The first kappa shape index (κ1) is 7.94. The smallest absolute Gasteiger partial charge is 0.165 e. The van der Waals surface area contributed by atoms with Gasteiger partial charge in [-0.2, -0.15) is 8.75 Å². The minimum absolute atomic E-state index is 0.803. The highest BCUT2D eigenvalue weighted by Crippen LogP contribution is 2.17. The van der Waals surface area contributed by atoms with Gasteiger partial charge in [-0.25, -0.2) is 0 Å². The molecule has 0 saturated carbocycles. The summed E-state index contributed by atoms with van der Waals surface area (Å²) >= 11 is 1.28. The monoisotopic (exact) mass is 185 g/mol. The summed E-state index contributed by atoms with van der Waals surface area (Å²) in [5.74, 6) is 1.03. The van der Waals surface area contributed by atoms with Crippen LogP contribution >= 0.6 is 11.7 Å². The van der Waals surface area contributed by atoms with Gasteiger partial charge in [0.25, 0.3) is 0 Å². The van der Waals surface area contributed by atoms with Crippen LogP contribution < -0.4 is 4.90 Å². The summed E-state index contributed by atoms with van der Waals surface area (Å²) in [6.07, 6.45) is 0. The lowest BCUT2D eigenvalue weighted by Gasteiger charge is -2.26. The van der Waals surface area contributed by atoms with Gasteiger partial charge in [-0.1, -0.05) is 0 Å². The Morgan fingerprint density at radius 3 is 2.67 bits per heavy atom. The maximum Gasteiger partial charge on any atom is 0.165 e. The van der Waals surface area contributed by atoms with Crippen LogP contribution in [0.15, 0.2) is 0 Å². The molecule has 5 heteroatoms. The Bertz CT molecular complexity index is 257. The van der Waals surface area contributed by atoms with Gasteiger partial charge in [0.15, 0.2) is 5.82 Å². The van der Waals surface area contributed by atoms with Gasteiger partial charge in [-0.15, -0.1) is 0 Å². The van der Waals surface area contributed by atoms with Crippen molar-refractivity contribution in [1.29, 1.82) is 0 Å². The van der Waals surface area contributed by atoms with Crippen LogP contribution in [0.3, 0.4) is 0 Å². The summed E-state index contributed by atoms with van der Waals surface area (Å²) in [4.78, 5) is 2.22. The van der Waals surface area contributed by atoms with Crippen molar-refractivity contribution in [3.8, 4) is 0 Å². The van der Waals surface area contributed by atoms with Crippen molar-refractivity contribution in [2.45, 2.75) is 6.92 Å². The van der Waals surface area contributed by atoms with E-state index in [9.17, 15) is 0 Å². The van der Waals surface area contributed by atoms with E-state index in [4.69, 9.17) is 4.74 Å². The van der Waals surface area contributed by atoms with Gasteiger partial charge in [0, 0.05) is 13.1 Å². The lowest BCUT2D eigenvalue weighted by atomic mass is 10.4. The Balaban J connectivity index is 2.13. The van der Waals surface area contributed by atoms with Crippen LogP contribution in [0.25, 0.3) is 0 Å². The fourth-order valence-corrected chi connectivity index (χ4v) is 1.86. The molecular weight excluding hydrogens is 174 g/mol. The Morgan fingerprint density at radius 2 is 2.08 bits per heavy atom. The first-order valence-electron chi connectivity index (χ1n) is 4.00. The van der Waals surface area contributed by atoms with Crippen LogP contribution in [0.4, 0.5) is 5.82 Å². The van der Waals surface area contributed by atoms with E-state index in [-0.39, 0.29) is 0 Å². The number of nitrogens with zero attached hydrogens (tertiary/aromatic N) is 3. The Morgan fingerprint density at radius 1 is 1.33 bits per heavy atom. The Labute approximate surface area is 75.5 Å². The number of hydrogen-bond acceptors (Lipinski definition) is 5. The fourth-order valence-electron chi connectivity index (χ4n) is 1.29. The summed E-state index contributed by atoms with van der Waals surface area (Å²) in [7, 11) is 0. The maximum absolute atomic E-state index is 5.25. The van der Waals surface area contributed by atoms with Crippen LogP contribution in [0, 0.1) is 6.92 Å². The number of aromatic nitrogens is 2. The van der Waals surface area contributed by atoms with E-state index in [1.807, 2.05) is 6.92 Å². The third kappa shape index (κ3) is 1.42. The molecule has 0 radical (unpaired) electrons. The standard InChI is InChI=1S/C7H11N3OS/c1-6-7(9-12-8-6)10-2-4-11-5-3-10/h2-5H2,1H3. The largest absolute Gasteiger partial charge is 0.378 e. The molecule has 0 spiro atoms. The molecule has 0 bridgehead atoms. The number of ether oxygens (including phenoxy) is 1. The molecule has 1 aliphatic rings. The molecular formula is C7H11N3OS. The van der Waals surface area contributed by atoms with Crippen molar-refractivity contribution in [3.63, 3.8) is 0 Å². The molecule has 66 valence electrons. The summed E-state index contributed by atoms with van der Waals surface area (Å²) in [6.45, 7) is 5.47. The second-order valence-corrected chi connectivity index (χ2v) is 3.30. The minimum Gasteiger partial charge on any atom is -0.378 e. The summed E-state index contributed by atoms with van der Waals surface area (Å²) in [5.41, 5.74) is 1.03. The van der Waals surface area contributed by atoms with Gasteiger partial charge >= 0.3 is 0 Å². The topological polar surface area (TPSA) is 38.2 Å². The van der Waals surface area contributed by atoms with Crippen LogP contribution in [0.2, 0.25) is 0 Å². The van der Waals surface area contributed by atoms with Crippen molar-refractivity contribution >= 4 is 17.5 Å². The Kier molecular flexibility index (Phi) is 2.23. The maximum atomic E-state index is 5.25. The normalized spacial score (nSPS) is 18.2. The first-order chi connectivity index (χ1) is 5.88. The van der Waals surface area contributed by atoms with E-state index in [0.717, 1.165) is 37.8 Å². The van der Waals surface area contributed by atoms with Gasteiger partial charge in [-0.05, 0) is 6.92 Å². The van der Waals surface area contributed by atoms with E-state index in [2.05, 4.69) is 13.6 Å². The molecule has 0 aromatic carbocycles. The zero-order valence-electron chi connectivity index (χ0n) is 6.99. The van der Waals surface area contributed by atoms with E-state index in [0.29, 0.717) is 0 Å². The molecule has 2 rings (SSSR count). The summed E-state index contributed by atoms with van der Waals surface area (Å²) < 4.78 is 13.6. The lowest BCUT2D eigenvalue weighted by Crippen LogP contribution is -2.36. The Hall–Kier alpha value is -0.680. The number of rotatable bonds is 1. The van der Waals surface area contributed by atoms with Crippen molar-refractivity contribution in [1.82, 2.24) is 8.75 Å². The summed E-state index contributed by atoms with van der Waals surface area (Å²) in [5, 5.41) is 0. The average molecular weight is 185 g/mol. The van der Waals surface area contributed by atoms with Gasteiger partial charge in [0.1, 0.15) is 0 Å². The van der Waals surface area contributed by atoms with E-state index in [1.54, 1.807) is 0 Å². The molecule has 1 aliphatic heterocycles. The van der Waals surface area contributed by atoms with Crippen molar-refractivity contribution in [2.24, 2.45) is 0 Å².